The van der Waals surface area contributed by atoms with E-state index < -0.39 is 0 Å². The lowest BCUT2D eigenvalue weighted by molar-refractivity contribution is -0.127. The molecule has 0 fully saturated rings. The van der Waals surface area contributed by atoms with E-state index in [0.717, 1.165) is 5.01 Å². The Bertz CT molecular complexity index is 335. The quantitative estimate of drug-likeness (QED) is 0.840. The van der Waals surface area contributed by atoms with Crippen LogP contribution in [0.15, 0.2) is 6.20 Å². The van der Waals surface area contributed by atoms with Crippen LogP contribution < -0.4 is 5.32 Å². The maximum atomic E-state index is 11.3. The van der Waals surface area contributed by atoms with Crippen molar-refractivity contribution in [1.29, 1.82) is 0 Å². The smallest absolute Gasteiger partial charge is 0.236 e. The Morgan fingerprint density at radius 2 is 2.33 bits per heavy atom. The Hall–Kier alpha value is -0.940. The summed E-state index contributed by atoms with van der Waals surface area (Å²) in [5, 5.41) is 4.23. The molecule has 0 aliphatic rings. The van der Waals surface area contributed by atoms with Gasteiger partial charge < -0.3 is 10.2 Å². The van der Waals surface area contributed by atoms with E-state index in [1.165, 1.54) is 4.88 Å². The number of nitrogens with zero attached hydrogens (tertiary/aromatic N) is 2. The minimum atomic E-state index is 0.0862. The molecule has 4 nitrogen and oxygen atoms in total. The van der Waals surface area contributed by atoms with Crippen LogP contribution in [0, 0.1) is 6.92 Å². The van der Waals surface area contributed by atoms with E-state index >= 15 is 0 Å². The molecule has 0 bridgehead atoms. The van der Waals surface area contributed by atoms with Crippen LogP contribution in [0.3, 0.4) is 0 Å². The van der Waals surface area contributed by atoms with Crippen LogP contribution >= 0.6 is 11.3 Å². The number of aryl methyl sites for hydroxylation is 1. The van der Waals surface area contributed by atoms with E-state index in [0.29, 0.717) is 6.54 Å². The monoisotopic (exact) mass is 227 g/mol. The summed E-state index contributed by atoms with van der Waals surface area (Å²) in [4.78, 5) is 18.3. The van der Waals surface area contributed by atoms with E-state index in [2.05, 4.69) is 10.3 Å². The van der Waals surface area contributed by atoms with E-state index in [1.54, 1.807) is 30.3 Å². The van der Waals surface area contributed by atoms with Gasteiger partial charge in [-0.15, -0.1) is 11.3 Å². The summed E-state index contributed by atoms with van der Waals surface area (Å²) >= 11 is 1.66. The summed E-state index contributed by atoms with van der Waals surface area (Å²) < 4.78 is 0. The zero-order chi connectivity index (χ0) is 11.4. The second-order valence-corrected chi connectivity index (χ2v) is 4.94. The van der Waals surface area contributed by atoms with Crippen molar-refractivity contribution in [2.75, 3.05) is 20.6 Å². The van der Waals surface area contributed by atoms with Gasteiger partial charge in [-0.05, 0) is 13.8 Å². The number of thiazole rings is 1. The first-order valence-corrected chi connectivity index (χ1v) is 5.68. The number of amides is 1. The summed E-state index contributed by atoms with van der Waals surface area (Å²) in [6, 6.07) is 0.181. The number of nitrogens with one attached hydrogen (secondary N) is 1. The Kier molecular flexibility index (Phi) is 4.23. The van der Waals surface area contributed by atoms with Crippen molar-refractivity contribution >= 4 is 17.2 Å². The van der Waals surface area contributed by atoms with Crippen molar-refractivity contribution in [2.24, 2.45) is 0 Å². The third-order valence-electron chi connectivity index (χ3n) is 2.12. The molecule has 1 amide bonds. The first-order chi connectivity index (χ1) is 7.00. The molecule has 1 unspecified atom stereocenters. The fraction of sp³-hybridized carbons (Fsp3) is 0.600. The van der Waals surface area contributed by atoms with Crippen molar-refractivity contribution in [1.82, 2.24) is 15.2 Å². The number of hydrogen-bond donors (Lipinski definition) is 1. The Balaban J connectivity index is 2.43. The fourth-order valence-corrected chi connectivity index (χ4v) is 1.89. The van der Waals surface area contributed by atoms with Gasteiger partial charge in [0.25, 0.3) is 0 Å². The highest BCUT2D eigenvalue weighted by molar-refractivity contribution is 7.11. The highest BCUT2D eigenvalue weighted by atomic mass is 32.1. The van der Waals surface area contributed by atoms with E-state index in [4.69, 9.17) is 0 Å². The van der Waals surface area contributed by atoms with Gasteiger partial charge in [-0.2, -0.15) is 0 Å². The normalized spacial score (nSPS) is 12.5. The number of carbonyl (C=O) groups is 1. The van der Waals surface area contributed by atoms with Gasteiger partial charge in [0.2, 0.25) is 5.91 Å². The van der Waals surface area contributed by atoms with Gasteiger partial charge >= 0.3 is 0 Å². The van der Waals surface area contributed by atoms with Gasteiger partial charge in [-0.3, -0.25) is 4.79 Å². The number of hydrogen-bond acceptors (Lipinski definition) is 4. The van der Waals surface area contributed by atoms with Crippen LogP contribution in [-0.2, 0) is 4.79 Å². The molecule has 15 heavy (non-hydrogen) atoms. The van der Waals surface area contributed by atoms with Gasteiger partial charge in [0.15, 0.2) is 0 Å². The highest BCUT2D eigenvalue weighted by Crippen LogP contribution is 2.19. The molecule has 0 saturated carbocycles. The zero-order valence-electron chi connectivity index (χ0n) is 9.57. The van der Waals surface area contributed by atoms with Gasteiger partial charge in [0.05, 0.1) is 11.6 Å². The third kappa shape index (κ3) is 3.60. The predicted octanol–water partition coefficient (Wildman–Crippen LogP) is 1.19. The molecular formula is C10H17N3OS. The van der Waals surface area contributed by atoms with Crippen molar-refractivity contribution in [2.45, 2.75) is 19.9 Å². The molecule has 0 saturated heterocycles. The average Bonchev–Trinajstić information content (AvgIpc) is 2.60. The van der Waals surface area contributed by atoms with E-state index in [1.807, 2.05) is 20.0 Å². The maximum Gasteiger partial charge on any atom is 0.236 e. The SMILES string of the molecule is Cc1ncc(C(C)NCC(=O)N(C)C)s1. The Morgan fingerprint density at radius 3 is 2.80 bits per heavy atom. The maximum absolute atomic E-state index is 11.3. The minimum absolute atomic E-state index is 0.0862. The van der Waals surface area contributed by atoms with Crippen LogP contribution in [0.2, 0.25) is 0 Å². The third-order valence-corrected chi connectivity index (χ3v) is 3.22. The van der Waals surface area contributed by atoms with Crippen LogP contribution in [0.25, 0.3) is 0 Å². The second-order valence-electron chi connectivity index (χ2n) is 3.67. The average molecular weight is 227 g/mol. The first kappa shape index (κ1) is 12.1. The summed E-state index contributed by atoms with van der Waals surface area (Å²) in [6.45, 7) is 4.38. The Labute approximate surface area is 94.3 Å². The van der Waals surface area contributed by atoms with Crippen LogP contribution in [-0.4, -0.2) is 36.4 Å². The molecule has 0 spiro atoms. The fourth-order valence-electron chi connectivity index (χ4n) is 1.08. The lowest BCUT2D eigenvalue weighted by Gasteiger charge is -2.14. The lowest BCUT2D eigenvalue weighted by atomic mass is 10.3. The molecule has 1 N–H and O–H groups in total. The summed E-state index contributed by atoms with van der Waals surface area (Å²) in [7, 11) is 3.51. The summed E-state index contributed by atoms with van der Waals surface area (Å²) in [6.07, 6.45) is 1.86. The second kappa shape index (κ2) is 5.23. The van der Waals surface area contributed by atoms with Crippen molar-refractivity contribution < 1.29 is 4.79 Å². The highest BCUT2D eigenvalue weighted by Gasteiger charge is 2.10. The topological polar surface area (TPSA) is 45.2 Å². The molecule has 84 valence electrons. The molecule has 1 aromatic rings. The molecule has 0 aliphatic carbocycles. The molecule has 1 aromatic heterocycles. The molecule has 0 radical (unpaired) electrons. The molecule has 1 rings (SSSR count). The molecule has 5 heteroatoms. The number of carbonyl (C=O) groups excluding carboxylic acids is 1. The minimum Gasteiger partial charge on any atom is -0.348 e. The zero-order valence-corrected chi connectivity index (χ0v) is 10.4. The van der Waals surface area contributed by atoms with Crippen LogP contribution in [0.5, 0.6) is 0 Å². The first-order valence-electron chi connectivity index (χ1n) is 4.86. The van der Waals surface area contributed by atoms with Gasteiger partial charge in [0.1, 0.15) is 0 Å². The van der Waals surface area contributed by atoms with Gasteiger partial charge in [-0.25, -0.2) is 4.98 Å². The lowest BCUT2D eigenvalue weighted by Crippen LogP contribution is -2.34. The molecule has 1 heterocycles. The van der Waals surface area contributed by atoms with E-state index in [9.17, 15) is 4.79 Å². The van der Waals surface area contributed by atoms with Crippen molar-refractivity contribution in [3.8, 4) is 0 Å². The molecular weight excluding hydrogens is 210 g/mol. The molecule has 1 atom stereocenters. The van der Waals surface area contributed by atoms with Crippen LogP contribution in [0.1, 0.15) is 22.9 Å². The van der Waals surface area contributed by atoms with Gasteiger partial charge in [-0.1, -0.05) is 0 Å². The Morgan fingerprint density at radius 1 is 1.67 bits per heavy atom. The summed E-state index contributed by atoms with van der Waals surface area (Å²) in [5.74, 6) is 0.0862. The van der Waals surface area contributed by atoms with Gasteiger partial charge in [0, 0.05) is 31.2 Å². The van der Waals surface area contributed by atoms with Crippen LogP contribution in [0.4, 0.5) is 0 Å². The number of rotatable bonds is 4. The summed E-state index contributed by atoms with van der Waals surface area (Å²) in [5.41, 5.74) is 0. The predicted molar refractivity (Wildman–Crippen MR) is 62.0 cm³/mol. The van der Waals surface area contributed by atoms with Crippen molar-refractivity contribution in [3.63, 3.8) is 0 Å². The number of aromatic nitrogens is 1. The van der Waals surface area contributed by atoms with E-state index in [-0.39, 0.29) is 11.9 Å². The standard InChI is InChI=1S/C10H17N3OS/c1-7(9-5-12-8(2)15-9)11-6-10(14)13(3)4/h5,7,11H,6H2,1-4H3. The largest absolute Gasteiger partial charge is 0.348 e. The molecule has 0 aliphatic heterocycles. The molecule has 0 aromatic carbocycles. The number of likely N-dealkylation sites (N-methyl/N-ethyl adjacent to an activating group) is 1. The van der Waals surface area contributed by atoms with Crippen molar-refractivity contribution in [3.05, 3.63) is 16.1 Å².